The van der Waals surface area contributed by atoms with Crippen molar-refractivity contribution < 1.29 is 54.1 Å². The van der Waals surface area contributed by atoms with Crippen LogP contribution in [0.1, 0.15) is 105 Å². The molecule has 13 heteroatoms. The number of carboxylic acid groups (broad SMARTS) is 2. The summed E-state index contributed by atoms with van der Waals surface area (Å²) in [6, 6.07) is 0. The van der Waals surface area contributed by atoms with Crippen LogP contribution in [-0.4, -0.2) is 121 Å². The second-order valence-corrected chi connectivity index (χ2v) is 24.1. The van der Waals surface area contributed by atoms with Crippen molar-refractivity contribution in [2.75, 3.05) is 40.4 Å². The summed E-state index contributed by atoms with van der Waals surface area (Å²) in [6.07, 6.45) is 14.5. The number of allylic oxidation sites excluding steroid dienone is 6. The molecule has 0 unspecified atom stereocenters. The highest BCUT2D eigenvalue weighted by Crippen LogP contribution is 2.91. The second-order valence-electron chi connectivity index (χ2n) is 24.1. The number of carbonyl (C=O) groups is 3. The predicted molar refractivity (Wildman–Crippen MR) is 240 cm³/mol. The molecule has 0 amide bonds. The smallest absolute Gasteiger partial charge is 0.335 e. The normalized spacial score (nSPS) is 52.9. The summed E-state index contributed by atoms with van der Waals surface area (Å²) in [7, 11) is 3.68. The number of carboxylic acids is 2. The maximum atomic E-state index is 14.7. The number of methoxy groups -OCH3 is 1. The number of ether oxygens (including phenoxy) is 3. The van der Waals surface area contributed by atoms with Crippen LogP contribution in [0.5, 0.6) is 0 Å². The van der Waals surface area contributed by atoms with Crippen molar-refractivity contribution in [1.82, 2.24) is 10.6 Å². The van der Waals surface area contributed by atoms with Gasteiger partial charge in [-0.3, -0.25) is 4.79 Å². The average Bonchev–Trinajstić information content (AvgIpc) is 3.24. The highest BCUT2D eigenvalue weighted by atomic mass is 16.7. The van der Waals surface area contributed by atoms with Crippen molar-refractivity contribution in [2.24, 2.45) is 84.7 Å². The molecule has 13 nitrogen and oxygen atoms in total. The SMILES string of the molecule is CNCCNC[C@H]1C[C@H]2C=C3[C@@]45[C@@H](CCC[C@]46CC[C@H]4C(C)(C)[C@@H](O[C@@H]7O[C@H](C(=O)O)[C@@H](O)[C@H](O)[C@H]7O)C[C@@H]1[C@]4(C)[C@@]26C=C[C@@H]5CC=O)C[C@@]1(C(=O)O)[C@@H](COC)C[C@]2(C)CC=C[C@]31C2. The van der Waals surface area contributed by atoms with E-state index in [9.17, 15) is 39.9 Å². The lowest BCUT2D eigenvalue weighted by Gasteiger charge is -2.86. The van der Waals surface area contributed by atoms with Gasteiger partial charge < -0.3 is 55.2 Å². The molecule has 4 spiro atoms. The number of aliphatic carboxylic acids is 2. The van der Waals surface area contributed by atoms with Crippen LogP contribution in [0.3, 0.4) is 0 Å². The third kappa shape index (κ3) is 5.53. The first-order valence-electron chi connectivity index (χ1n) is 25.1. The average molecular weight is 905 g/mol. The number of aliphatic hydroxyl groups excluding tert-OH is 3. The van der Waals surface area contributed by atoms with Gasteiger partial charge in [-0.25, -0.2) is 4.79 Å². The van der Waals surface area contributed by atoms with E-state index in [1.54, 1.807) is 7.11 Å². The molecule has 20 atom stereocenters. The Kier molecular flexibility index (Phi) is 11.0. The lowest BCUT2D eigenvalue weighted by molar-refractivity contribution is -0.358. The fourth-order valence-corrected chi connectivity index (χ4v) is 20.0. The summed E-state index contributed by atoms with van der Waals surface area (Å²) < 4.78 is 18.7. The number of hydrogen-bond acceptors (Lipinski definition) is 11. The van der Waals surface area contributed by atoms with Gasteiger partial charge in [-0.2, -0.15) is 0 Å². The third-order valence-corrected chi connectivity index (χ3v) is 21.7. The minimum atomic E-state index is -1.81. The zero-order chi connectivity index (χ0) is 46.3. The summed E-state index contributed by atoms with van der Waals surface area (Å²) in [5.74, 6) is -1.78. The van der Waals surface area contributed by atoms with Crippen LogP contribution in [0.25, 0.3) is 0 Å². The van der Waals surface area contributed by atoms with Gasteiger partial charge in [0.25, 0.3) is 0 Å². The molecule has 7 fully saturated rings. The number of nitrogens with one attached hydrogen (secondary N) is 2. The third-order valence-electron chi connectivity index (χ3n) is 21.7. The van der Waals surface area contributed by atoms with E-state index in [0.717, 1.165) is 83.7 Å². The van der Waals surface area contributed by atoms with Crippen LogP contribution in [-0.2, 0) is 28.6 Å². The monoisotopic (exact) mass is 905 g/mol. The summed E-state index contributed by atoms with van der Waals surface area (Å²) >= 11 is 0. The molecule has 1 saturated heterocycles. The molecule has 10 aliphatic rings. The molecule has 1 heterocycles. The number of carbonyl (C=O) groups excluding carboxylic acids is 1. The number of rotatable bonds is 13. The minimum Gasteiger partial charge on any atom is -0.481 e. The molecule has 10 rings (SSSR count). The molecule has 4 bridgehead atoms. The molecular weight excluding hydrogens is 829 g/mol. The van der Waals surface area contributed by atoms with Crippen molar-refractivity contribution in [3.05, 3.63) is 36.0 Å². The Balaban J connectivity index is 1.19. The largest absolute Gasteiger partial charge is 0.481 e. The molecule has 360 valence electrons. The van der Waals surface area contributed by atoms with Gasteiger partial charge in [-0.1, -0.05) is 70.1 Å². The number of likely N-dealkylation sites (N-methyl/N-ethyl adjacent to an activating group) is 1. The van der Waals surface area contributed by atoms with Crippen LogP contribution in [0, 0.1) is 84.7 Å². The summed E-state index contributed by atoms with van der Waals surface area (Å²) in [6.45, 7) is 12.2. The zero-order valence-electron chi connectivity index (χ0n) is 39.5. The van der Waals surface area contributed by atoms with Crippen LogP contribution in [0.4, 0.5) is 0 Å². The van der Waals surface area contributed by atoms with E-state index < -0.39 is 70.4 Å². The molecular formula is C52H76N2O11. The predicted octanol–water partition coefficient (Wildman–Crippen LogP) is 5.13. The van der Waals surface area contributed by atoms with E-state index in [1.807, 2.05) is 7.05 Å². The molecule has 0 radical (unpaired) electrons. The van der Waals surface area contributed by atoms with Gasteiger partial charge in [-0.05, 0) is 135 Å². The van der Waals surface area contributed by atoms with Crippen molar-refractivity contribution in [1.29, 1.82) is 0 Å². The van der Waals surface area contributed by atoms with E-state index in [0.29, 0.717) is 25.9 Å². The number of aldehydes is 1. The van der Waals surface area contributed by atoms with Gasteiger partial charge in [0.2, 0.25) is 0 Å². The Morgan fingerprint density at radius 3 is 2.48 bits per heavy atom. The fourth-order valence-electron chi connectivity index (χ4n) is 20.0. The van der Waals surface area contributed by atoms with Crippen molar-refractivity contribution in [3.8, 4) is 0 Å². The van der Waals surface area contributed by atoms with Gasteiger partial charge in [0, 0.05) is 48.8 Å². The van der Waals surface area contributed by atoms with Crippen molar-refractivity contribution in [3.63, 3.8) is 0 Å². The molecule has 7 N–H and O–H groups in total. The van der Waals surface area contributed by atoms with Crippen molar-refractivity contribution >= 4 is 18.2 Å². The fraction of sp³-hybridized carbons (Fsp3) is 0.827. The standard InChI is InChI=1S/C52H76N2O11/c1-45(2)35-11-16-49-15-7-9-31-25-50(44(61)62)33(27-63-6)24-46(3)13-8-14-48(50,28-46)36-22-32-21-29(26-54-19-18-53-5)34(47(35,4)51(32,49)17-10-30(12-20-55)52(31,36)49)23-37(45)64-43-40(58)38(56)39(57)41(65-43)42(59)60/h8,10,14,17,20,22,29-35,37-41,43,53-54,56-58H,7,9,11-13,15-16,18-19,21,23-28H2,1-6H3,(H,59,60)(H,61,62)/t29-,30-,31+,32+,33-,34+,35+,37+,38+,39+,40-,41+,43-,46+,47+,48+,49-,50+,51-,52-/m1/s1. The highest BCUT2D eigenvalue weighted by molar-refractivity contribution is 5.80. The molecule has 0 aromatic carbocycles. The molecule has 1 aliphatic heterocycles. The topological polar surface area (TPSA) is 204 Å². The highest BCUT2D eigenvalue weighted by Gasteiger charge is 2.87. The maximum absolute atomic E-state index is 14.7. The van der Waals surface area contributed by atoms with E-state index in [2.05, 4.69) is 68.7 Å². The summed E-state index contributed by atoms with van der Waals surface area (Å²) in [4.78, 5) is 40.0. The number of hydrogen-bond donors (Lipinski definition) is 7. The number of fused-ring (bicyclic) bond motifs is 1. The van der Waals surface area contributed by atoms with Gasteiger partial charge in [-0.15, -0.1) is 0 Å². The maximum Gasteiger partial charge on any atom is 0.335 e. The molecule has 9 aliphatic carbocycles. The first kappa shape index (κ1) is 46.2. The first-order chi connectivity index (χ1) is 30.9. The van der Waals surface area contributed by atoms with Crippen LogP contribution < -0.4 is 10.6 Å². The Labute approximate surface area is 384 Å². The lowest BCUT2D eigenvalue weighted by Crippen LogP contribution is -2.82. The van der Waals surface area contributed by atoms with Gasteiger partial charge in [0.05, 0.1) is 18.1 Å². The molecule has 6 saturated carbocycles. The van der Waals surface area contributed by atoms with E-state index in [-0.39, 0.29) is 63.1 Å². The van der Waals surface area contributed by atoms with E-state index in [1.165, 1.54) is 5.57 Å². The Bertz CT molecular complexity index is 2040. The Hall–Kier alpha value is -2.49. The van der Waals surface area contributed by atoms with Crippen LogP contribution in [0.15, 0.2) is 36.0 Å². The summed E-state index contributed by atoms with van der Waals surface area (Å²) in [5.41, 5.74) is -2.34. The minimum absolute atomic E-state index is 0.0604. The summed E-state index contributed by atoms with van der Waals surface area (Å²) in [5, 5.41) is 61.8. The van der Waals surface area contributed by atoms with Crippen LogP contribution >= 0.6 is 0 Å². The van der Waals surface area contributed by atoms with E-state index in [4.69, 9.17) is 14.2 Å². The van der Waals surface area contributed by atoms with Crippen molar-refractivity contribution in [2.45, 2.75) is 142 Å². The van der Waals surface area contributed by atoms with E-state index >= 15 is 0 Å². The molecule has 0 aromatic rings. The first-order valence-corrected chi connectivity index (χ1v) is 25.1. The lowest BCUT2D eigenvalue weighted by atomic mass is 9.17. The Morgan fingerprint density at radius 2 is 1.77 bits per heavy atom. The zero-order valence-corrected chi connectivity index (χ0v) is 39.5. The molecule has 0 aromatic heterocycles. The molecule has 65 heavy (non-hydrogen) atoms. The van der Waals surface area contributed by atoms with Gasteiger partial charge in [0.15, 0.2) is 12.4 Å². The quantitative estimate of drug-likeness (QED) is 0.0556. The second kappa shape index (κ2) is 15.5. The number of aliphatic hydroxyl groups is 3. The van der Waals surface area contributed by atoms with Gasteiger partial charge in [0.1, 0.15) is 24.6 Å². The van der Waals surface area contributed by atoms with Crippen LogP contribution in [0.2, 0.25) is 0 Å². The van der Waals surface area contributed by atoms with Gasteiger partial charge >= 0.3 is 11.9 Å². The Morgan fingerprint density at radius 1 is 0.985 bits per heavy atom.